The van der Waals surface area contributed by atoms with E-state index in [1.54, 1.807) is 6.92 Å². The van der Waals surface area contributed by atoms with Gasteiger partial charge in [-0.1, -0.05) is 32.9 Å². The number of carboxylic acids is 2. The molecule has 1 aliphatic rings. The number of hydrogen-bond donors (Lipinski definition) is 3. The standard InChI is InChI=1S/C26H30F3N3O3.C4H6O2/c1-16-12-19(15-25(2,3)14-16)32-22-10-4-17(5-11-23(33)34)13-21(22)31-24(32)30-18-6-8-20(9-7-18)35-26(27,28)29;1-2-3-4(5)6/h4,6-10,13,16,19H,5,11-12,14-15H2,1-3H3,(H,30,31)(H,33,34);2-3H,1H3,(H,5,6)/b;3-2+/t16-,19+;/m0./s1. The van der Waals surface area contributed by atoms with E-state index in [-0.39, 0.29) is 23.6 Å². The number of carboxylic acid groups (broad SMARTS) is 2. The lowest BCUT2D eigenvalue weighted by Crippen LogP contribution is -2.29. The number of halogens is 3. The maximum atomic E-state index is 12.5. The molecule has 1 aliphatic carbocycles. The summed E-state index contributed by atoms with van der Waals surface area (Å²) in [5.74, 6) is -0.896. The van der Waals surface area contributed by atoms with E-state index in [0.717, 1.165) is 41.9 Å². The third-order valence-electron chi connectivity index (χ3n) is 6.76. The van der Waals surface area contributed by atoms with Gasteiger partial charge in [0.05, 0.1) is 11.0 Å². The minimum absolute atomic E-state index is 0.0397. The SMILES string of the molecule is C/C=C/C(=O)O.C[C@H]1C[C@@H](n2c(Nc3ccc(OC(F)(F)F)cc3)nc3cc(CCC(=O)O)ccc32)CC(C)(C)C1. The fourth-order valence-electron chi connectivity index (χ4n) is 5.51. The molecule has 11 heteroatoms. The van der Waals surface area contributed by atoms with E-state index in [9.17, 15) is 22.8 Å². The molecule has 3 N–H and O–H groups in total. The number of aryl methyl sites for hydroxylation is 1. The van der Waals surface area contributed by atoms with Gasteiger partial charge in [0, 0.05) is 24.2 Å². The number of aliphatic carboxylic acids is 2. The van der Waals surface area contributed by atoms with E-state index >= 15 is 0 Å². The number of nitrogens with one attached hydrogen (secondary N) is 1. The number of carbonyl (C=O) groups is 2. The Kier molecular flexibility index (Phi) is 10.1. The summed E-state index contributed by atoms with van der Waals surface area (Å²) in [6, 6.07) is 11.6. The first-order valence-electron chi connectivity index (χ1n) is 13.4. The number of imidazole rings is 1. The van der Waals surface area contributed by atoms with Crippen molar-refractivity contribution in [2.24, 2.45) is 11.3 Å². The first-order valence-corrected chi connectivity index (χ1v) is 13.4. The highest BCUT2D eigenvalue weighted by Gasteiger charge is 2.35. The normalized spacial score (nSPS) is 18.5. The van der Waals surface area contributed by atoms with Crippen LogP contribution in [-0.4, -0.2) is 38.1 Å². The zero-order valence-electron chi connectivity index (χ0n) is 23.5. The van der Waals surface area contributed by atoms with Crippen molar-refractivity contribution in [3.05, 3.63) is 60.2 Å². The molecule has 2 aromatic carbocycles. The van der Waals surface area contributed by atoms with Crippen molar-refractivity contribution in [2.75, 3.05) is 5.32 Å². The van der Waals surface area contributed by atoms with E-state index in [1.165, 1.54) is 30.3 Å². The van der Waals surface area contributed by atoms with E-state index in [4.69, 9.17) is 15.2 Å². The molecule has 2 atom stereocenters. The topological polar surface area (TPSA) is 114 Å². The number of aromatic nitrogens is 2. The number of anilines is 2. The number of nitrogens with zero attached hydrogens (tertiary/aromatic N) is 2. The van der Waals surface area contributed by atoms with Gasteiger partial charge in [-0.25, -0.2) is 9.78 Å². The van der Waals surface area contributed by atoms with Crippen molar-refractivity contribution in [1.82, 2.24) is 9.55 Å². The monoisotopic (exact) mass is 575 g/mol. The van der Waals surface area contributed by atoms with Crippen molar-refractivity contribution < 1.29 is 37.7 Å². The van der Waals surface area contributed by atoms with Crippen LogP contribution in [0.15, 0.2) is 54.6 Å². The number of alkyl halides is 3. The van der Waals surface area contributed by atoms with Crippen LogP contribution in [0.3, 0.4) is 0 Å². The third kappa shape index (κ3) is 9.54. The van der Waals surface area contributed by atoms with Crippen LogP contribution < -0.4 is 10.1 Å². The quantitative estimate of drug-likeness (QED) is 0.236. The molecule has 41 heavy (non-hydrogen) atoms. The highest BCUT2D eigenvalue weighted by atomic mass is 19.4. The highest BCUT2D eigenvalue weighted by Crippen LogP contribution is 2.46. The Bertz CT molecular complexity index is 1380. The second-order valence-electron chi connectivity index (χ2n) is 11.1. The molecule has 0 radical (unpaired) electrons. The predicted octanol–water partition coefficient (Wildman–Crippen LogP) is 7.73. The van der Waals surface area contributed by atoms with Crippen LogP contribution in [-0.2, 0) is 16.0 Å². The molecular weight excluding hydrogens is 539 g/mol. The van der Waals surface area contributed by atoms with Gasteiger partial charge < -0.3 is 24.8 Å². The average Bonchev–Trinajstić information content (AvgIpc) is 3.19. The maximum absolute atomic E-state index is 12.5. The van der Waals surface area contributed by atoms with E-state index < -0.39 is 18.3 Å². The van der Waals surface area contributed by atoms with Gasteiger partial charge in [0.25, 0.3) is 0 Å². The van der Waals surface area contributed by atoms with Crippen LogP contribution in [0, 0.1) is 11.3 Å². The predicted molar refractivity (Wildman–Crippen MR) is 150 cm³/mol. The Labute approximate surface area is 236 Å². The van der Waals surface area contributed by atoms with Crippen molar-refractivity contribution in [3.8, 4) is 5.75 Å². The molecule has 0 amide bonds. The van der Waals surface area contributed by atoms with Crippen molar-refractivity contribution in [1.29, 1.82) is 0 Å². The van der Waals surface area contributed by atoms with Gasteiger partial charge in [0.2, 0.25) is 5.95 Å². The molecule has 8 nitrogen and oxygen atoms in total. The van der Waals surface area contributed by atoms with E-state index in [0.29, 0.717) is 24.0 Å². The number of hydrogen-bond acceptors (Lipinski definition) is 5. The second-order valence-corrected chi connectivity index (χ2v) is 11.1. The molecule has 1 heterocycles. The molecular formula is C30H36F3N3O5. The van der Waals surface area contributed by atoms with Gasteiger partial charge in [-0.05, 0) is 85.9 Å². The second kappa shape index (κ2) is 13.1. The molecule has 1 saturated carbocycles. The molecule has 1 fully saturated rings. The number of fused-ring (bicyclic) bond motifs is 1. The van der Waals surface area contributed by atoms with Gasteiger partial charge >= 0.3 is 18.3 Å². The lowest BCUT2D eigenvalue weighted by molar-refractivity contribution is -0.274. The van der Waals surface area contributed by atoms with Crippen LogP contribution in [0.4, 0.5) is 24.8 Å². The van der Waals surface area contributed by atoms with Gasteiger partial charge in [-0.3, -0.25) is 4.79 Å². The lowest BCUT2D eigenvalue weighted by Gasteiger charge is -2.40. The minimum Gasteiger partial charge on any atom is -0.481 e. The molecule has 0 unspecified atom stereocenters. The smallest absolute Gasteiger partial charge is 0.481 e. The van der Waals surface area contributed by atoms with Crippen molar-refractivity contribution in [2.45, 2.75) is 72.2 Å². The summed E-state index contributed by atoms with van der Waals surface area (Å²) in [7, 11) is 0. The van der Waals surface area contributed by atoms with Crippen molar-refractivity contribution >= 4 is 34.6 Å². The molecule has 0 spiro atoms. The first-order chi connectivity index (χ1) is 19.2. The zero-order valence-corrected chi connectivity index (χ0v) is 23.5. The van der Waals surface area contributed by atoms with Crippen molar-refractivity contribution in [3.63, 3.8) is 0 Å². The van der Waals surface area contributed by atoms with E-state index in [1.807, 2.05) is 18.2 Å². The molecule has 1 aromatic heterocycles. The summed E-state index contributed by atoms with van der Waals surface area (Å²) < 4.78 is 43.7. The minimum atomic E-state index is -4.74. The maximum Gasteiger partial charge on any atom is 0.573 e. The van der Waals surface area contributed by atoms with Crippen LogP contribution in [0.5, 0.6) is 5.75 Å². The largest absolute Gasteiger partial charge is 0.573 e. The average molecular weight is 576 g/mol. The summed E-state index contributed by atoms with van der Waals surface area (Å²) >= 11 is 0. The van der Waals surface area contributed by atoms with Gasteiger partial charge in [0.1, 0.15) is 5.75 Å². The van der Waals surface area contributed by atoms with Crippen LogP contribution in [0.2, 0.25) is 0 Å². The van der Waals surface area contributed by atoms with Gasteiger partial charge in [-0.2, -0.15) is 0 Å². The van der Waals surface area contributed by atoms with Gasteiger partial charge in [0.15, 0.2) is 0 Å². The Morgan fingerprint density at radius 1 is 1.15 bits per heavy atom. The molecule has 4 rings (SSSR count). The van der Waals surface area contributed by atoms with Crippen LogP contribution in [0.1, 0.15) is 65.0 Å². The summed E-state index contributed by atoms with van der Waals surface area (Å²) in [4.78, 5) is 25.3. The summed E-state index contributed by atoms with van der Waals surface area (Å²) in [5, 5.41) is 20.1. The number of ether oxygens (including phenoxy) is 1. The summed E-state index contributed by atoms with van der Waals surface area (Å²) in [5.41, 5.74) is 3.34. The Balaban J connectivity index is 0.000000696. The van der Waals surface area contributed by atoms with Gasteiger partial charge in [-0.15, -0.1) is 13.2 Å². The Morgan fingerprint density at radius 3 is 2.37 bits per heavy atom. The molecule has 0 aliphatic heterocycles. The molecule has 3 aromatic rings. The lowest BCUT2D eigenvalue weighted by atomic mass is 9.70. The van der Waals surface area contributed by atoms with Crippen LogP contribution in [0.25, 0.3) is 11.0 Å². The first kappa shape index (κ1) is 31.5. The molecule has 222 valence electrons. The van der Waals surface area contributed by atoms with E-state index in [2.05, 4.69) is 35.4 Å². The third-order valence-corrected chi connectivity index (χ3v) is 6.76. The Morgan fingerprint density at radius 2 is 1.83 bits per heavy atom. The Hall–Kier alpha value is -4.02. The zero-order chi connectivity index (χ0) is 30.4. The number of rotatable bonds is 8. The van der Waals surface area contributed by atoms with Crippen LogP contribution >= 0.6 is 0 Å². The molecule has 0 bridgehead atoms. The fraction of sp³-hybridized carbons (Fsp3) is 0.433. The number of benzene rings is 2. The summed E-state index contributed by atoms with van der Waals surface area (Å²) in [6.07, 6.45) is 1.36. The number of allylic oxidation sites excluding steroid dienone is 1. The highest BCUT2D eigenvalue weighted by molar-refractivity contribution is 5.81. The summed E-state index contributed by atoms with van der Waals surface area (Å²) in [6.45, 7) is 8.45. The molecule has 0 saturated heterocycles. The fourth-order valence-corrected chi connectivity index (χ4v) is 5.51.